The highest BCUT2D eigenvalue weighted by atomic mass is 35.5. The molecular formula is C20H12ClN3. The van der Waals surface area contributed by atoms with Crippen LogP contribution in [0, 0.1) is 0 Å². The zero-order valence-corrected chi connectivity index (χ0v) is 13.4. The zero-order valence-electron chi connectivity index (χ0n) is 12.6. The third kappa shape index (κ3) is 1.99. The molecule has 24 heavy (non-hydrogen) atoms. The lowest BCUT2D eigenvalue weighted by molar-refractivity contribution is 1.01. The molecule has 2 heterocycles. The van der Waals surface area contributed by atoms with Crippen molar-refractivity contribution in [2.24, 2.45) is 0 Å². The van der Waals surface area contributed by atoms with E-state index in [1.807, 2.05) is 59.1 Å². The average Bonchev–Trinajstić information content (AvgIpc) is 3.06. The van der Waals surface area contributed by atoms with Gasteiger partial charge >= 0.3 is 0 Å². The summed E-state index contributed by atoms with van der Waals surface area (Å²) in [6.07, 6.45) is 0. The molecule has 0 amide bonds. The quantitative estimate of drug-likeness (QED) is 0.388. The van der Waals surface area contributed by atoms with Gasteiger partial charge in [-0.15, -0.1) is 5.10 Å². The summed E-state index contributed by atoms with van der Waals surface area (Å²) in [5.41, 5.74) is 2.86. The number of nitrogens with zero attached hydrogens (tertiary/aromatic N) is 3. The van der Waals surface area contributed by atoms with Gasteiger partial charge in [-0.1, -0.05) is 60.1 Å². The highest BCUT2D eigenvalue weighted by Crippen LogP contribution is 2.29. The molecule has 5 rings (SSSR count). The van der Waals surface area contributed by atoms with E-state index in [1.54, 1.807) is 0 Å². The van der Waals surface area contributed by atoms with Gasteiger partial charge in [0.05, 0.1) is 5.52 Å². The van der Waals surface area contributed by atoms with Crippen molar-refractivity contribution in [1.29, 1.82) is 0 Å². The van der Waals surface area contributed by atoms with Crippen LogP contribution in [0.15, 0.2) is 72.8 Å². The number of pyridine rings is 1. The first kappa shape index (κ1) is 13.5. The van der Waals surface area contributed by atoms with Crippen LogP contribution in [0.1, 0.15) is 0 Å². The van der Waals surface area contributed by atoms with Crippen molar-refractivity contribution in [1.82, 2.24) is 14.6 Å². The Balaban J connectivity index is 1.92. The van der Waals surface area contributed by atoms with Gasteiger partial charge in [0.2, 0.25) is 0 Å². The zero-order chi connectivity index (χ0) is 16.1. The van der Waals surface area contributed by atoms with Crippen molar-refractivity contribution in [2.75, 3.05) is 0 Å². The maximum absolute atomic E-state index is 6.23. The van der Waals surface area contributed by atoms with Gasteiger partial charge in [0.15, 0.2) is 11.5 Å². The fourth-order valence-corrected chi connectivity index (χ4v) is 3.31. The van der Waals surface area contributed by atoms with E-state index in [9.17, 15) is 0 Å². The molecule has 0 aliphatic carbocycles. The first-order valence-electron chi connectivity index (χ1n) is 7.73. The summed E-state index contributed by atoms with van der Waals surface area (Å²) >= 11 is 6.23. The molecule has 0 atom stereocenters. The van der Waals surface area contributed by atoms with Crippen molar-refractivity contribution in [3.63, 3.8) is 0 Å². The summed E-state index contributed by atoms with van der Waals surface area (Å²) in [5, 5.41) is 8.80. The molecule has 0 fully saturated rings. The average molecular weight is 330 g/mol. The molecule has 4 heteroatoms. The molecule has 0 radical (unpaired) electrons. The number of fused-ring (bicyclic) bond motifs is 5. The van der Waals surface area contributed by atoms with E-state index in [2.05, 4.69) is 23.2 Å². The number of aromatic nitrogens is 3. The Morgan fingerprint density at radius 2 is 1.54 bits per heavy atom. The third-order valence-electron chi connectivity index (χ3n) is 4.27. The van der Waals surface area contributed by atoms with Gasteiger partial charge in [0.1, 0.15) is 0 Å². The van der Waals surface area contributed by atoms with Gasteiger partial charge in [-0.05, 0) is 29.7 Å². The second kappa shape index (κ2) is 5.05. The molecule has 0 bridgehead atoms. The minimum atomic E-state index is 0.718. The molecule has 5 aromatic rings. The third-order valence-corrected chi connectivity index (χ3v) is 4.51. The second-order valence-corrected chi connectivity index (χ2v) is 6.21. The van der Waals surface area contributed by atoms with Crippen LogP contribution in [-0.2, 0) is 0 Å². The van der Waals surface area contributed by atoms with Gasteiger partial charge < -0.3 is 0 Å². The Hall–Kier alpha value is -2.91. The molecule has 0 unspecified atom stereocenters. The number of halogens is 1. The van der Waals surface area contributed by atoms with Gasteiger partial charge in [-0.2, -0.15) is 0 Å². The Labute approximate surface area is 143 Å². The Bertz CT molecular complexity index is 1210. The number of benzene rings is 3. The van der Waals surface area contributed by atoms with Crippen molar-refractivity contribution in [2.45, 2.75) is 0 Å². The van der Waals surface area contributed by atoms with Crippen molar-refractivity contribution < 1.29 is 0 Å². The van der Waals surface area contributed by atoms with Crippen LogP contribution in [0.25, 0.3) is 38.7 Å². The smallest absolute Gasteiger partial charge is 0.182 e. The van der Waals surface area contributed by atoms with Gasteiger partial charge in [0, 0.05) is 21.4 Å². The maximum atomic E-state index is 6.23. The lowest BCUT2D eigenvalue weighted by Gasteiger charge is -2.06. The molecule has 3 aromatic carbocycles. The predicted octanol–water partition coefficient (Wildman–Crippen LogP) is 5.36. The van der Waals surface area contributed by atoms with Crippen molar-refractivity contribution in [3.05, 3.63) is 77.8 Å². The molecule has 0 spiro atoms. The molecule has 0 aliphatic heterocycles. The molecule has 3 nitrogen and oxygen atoms in total. The number of hydrogen-bond donors (Lipinski definition) is 0. The van der Waals surface area contributed by atoms with Crippen molar-refractivity contribution in [3.8, 4) is 11.4 Å². The molecular weight excluding hydrogens is 318 g/mol. The topological polar surface area (TPSA) is 30.2 Å². The van der Waals surface area contributed by atoms with E-state index >= 15 is 0 Å². The molecule has 0 aliphatic rings. The minimum Gasteiger partial charge on any atom is -0.212 e. The normalized spacial score (nSPS) is 11.5. The van der Waals surface area contributed by atoms with Crippen LogP contribution < -0.4 is 0 Å². The summed E-state index contributed by atoms with van der Waals surface area (Å²) in [6, 6.07) is 24.2. The minimum absolute atomic E-state index is 0.718. The van der Waals surface area contributed by atoms with Crippen LogP contribution in [0.5, 0.6) is 0 Å². The molecule has 114 valence electrons. The molecule has 2 aromatic heterocycles. The molecule has 0 saturated carbocycles. The SMILES string of the molecule is Clc1ccc2ccc3ccc4nc(-c5ccccc5)nn4c3c2c1. The first-order chi connectivity index (χ1) is 11.8. The Morgan fingerprint density at radius 1 is 0.792 bits per heavy atom. The summed E-state index contributed by atoms with van der Waals surface area (Å²) in [7, 11) is 0. The van der Waals surface area contributed by atoms with Crippen molar-refractivity contribution >= 4 is 38.9 Å². The van der Waals surface area contributed by atoms with Crippen LogP contribution in [0.4, 0.5) is 0 Å². The van der Waals surface area contributed by atoms with E-state index in [1.165, 1.54) is 0 Å². The van der Waals surface area contributed by atoms with Gasteiger partial charge in [-0.3, -0.25) is 0 Å². The summed E-state index contributed by atoms with van der Waals surface area (Å²) in [6.45, 7) is 0. The monoisotopic (exact) mass is 329 g/mol. The fourth-order valence-electron chi connectivity index (χ4n) is 3.13. The largest absolute Gasteiger partial charge is 0.212 e. The van der Waals surface area contributed by atoms with Crippen LogP contribution in [0.3, 0.4) is 0 Å². The van der Waals surface area contributed by atoms with E-state index < -0.39 is 0 Å². The van der Waals surface area contributed by atoms with Gasteiger partial charge in [-0.25, -0.2) is 9.50 Å². The summed E-state index contributed by atoms with van der Waals surface area (Å²) < 4.78 is 1.91. The van der Waals surface area contributed by atoms with Gasteiger partial charge in [0.25, 0.3) is 0 Å². The van der Waals surface area contributed by atoms with Crippen LogP contribution in [0.2, 0.25) is 5.02 Å². The highest BCUT2D eigenvalue weighted by molar-refractivity contribution is 6.31. The maximum Gasteiger partial charge on any atom is 0.182 e. The highest BCUT2D eigenvalue weighted by Gasteiger charge is 2.11. The van der Waals surface area contributed by atoms with E-state index in [-0.39, 0.29) is 0 Å². The summed E-state index contributed by atoms with van der Waals surface area (Å²) in [4.78, 5) is 4.68. The standard InChI is InChI=1S/C20H12ClN3/c21-16-10-8-13-6-7-14-9-11-18-22-20(15-4-2-1-3-5-15)23-24(18)19(14)17(13)12-16/h1-12H. The van der Waals surface area contributed by atoms with Crippen LogP contribution >= 0.6 is 11.6 Å². The lowest BCUT2D eigenvalue weighted by Crippen LogP contribution is -1.92. The summed E-state index contributed by atoms with van der Waals surface area (Å²) in [5.74, 6) is 0.724. The van der Waals surface area contributed by atoms with E-state index in [0.717, 1.165) is 43.7 Å². The van der Waals surface area contributed by atoms with E-state index in [0.29, 0.717) is 0 Å². The predicted molar refractivity (Wildman–Crippen MR) is 98.4 cm³/mol. The second-order valence-electron chi connectivity index (χ2n) is 5.77. The number of rotatable bonds is 1. The first-order valence-corrected chi connectivity index (χ1v) is 8.11. The Kier molecular flexibility index (Phi) is 2.84. The Morgan fingerprint density at radius 3 is 2.42 bits per heavy atom. The lowest BCUT2D eigenvalue weighted by atomic mass is 10.1. The molecule has 0 saturated heterocycles. The van der Waals surface area contributed by atoms with E-state index in [4.69, 9.17) is 16.7 Å². The fraction of sp³-hybridized carbons (Fsp3) is 0. The van der Waals surface area contributed by atoms with Crippen LogP contribution in [-0.4, -0.2) is 14.6 Å². The molecule has 0 N–H and O–H groups in total. The number of hydrogen-bond acceptors (Lipinski definition) is 2.